The van der Waals surface area contributed by atoms with Gasteiger partial charge in [-0.25, -0.2) is 13.8 Å². The molecule has 0 aliphatic carbocycles. The largest absolute Gasteiger partial charge is 0.378 e. The number of aryl methyl sites for hydroxylation is 1. The van der Waals surface area contributed by atoms with E-state index in [1.165, 1.54) is 6.07 Å². The molecule has 1 aromatic carbocycles. The van der Waals surface area contributed by atoms with Crippen molar-refractivity contribution in [3.63, 3.8) is 0 Å². The van der Waals surface area contributed by atoms with Crippen LogP contribution in [-0.2, 0) is 17.7 Å². The van der Waals surface area contributed by atoms with Crippen LogP contribution in [0.15, 0.2) is 35.3 Å². The van der Waals surface area contributed by atoms with E-state index in [-0.39, 0.29) is 11.6 Å². The first-order valence-electron chi connectivity index (χ1n) is 10.5. The number of morpholine rings is 1. The predicted octanol–water partition coefficient (Wildman–Crippen LogP) is 3.07. The highest BCUT2D eigenvalue weighted by molar-refractivity contribution is 5.63. The molecule has 4 heterocycles. The summed E-state index contributed by atoms with van der Waals surface area (Å²) in [6.07, 6.45) is 2.29. The Morgan fingerprint density at radius 2 is 1.94 bits per heavy atom. The van der Waals surface area contributed by atoms with Crippen LogP contribution in [0.3, 0.4) is 0 Å². The Balaban J connectivity index is 1.60. The Morgan fingerprint density at radius 3 is 2.71 bits per heavy atom. The first kappa shape index (κ1) is 19.9. The summed E-state index contributed by atoms with van der Waals surface area (Å²) in [7, 11) is 0. The number of pyridine rings is 1. The lowest BCUT2D eigenvalue weighted by molar-refractivity contribution is 0.122. The Hall–Kier alpha value is -3.00. The molecular weight excluding hydrogens is 402 g/mol. The maximum atomic E-state index is 14.3. The van der Waals surface area contributed by atoms with Gasteiger partial charge in [0, 0.05) is 60.8 Å². The quantitative estimate of drug-likeness (QED) is 0.644. The van der Waals surface area contributed by atoms with Crippen molar-refractivity contribution in [1.29, 1.82) is 0 Å². The third kappa shape index (κ3) is 3.54. The molecule has 1 saturated heterocycles. The van der Waals surface area contributed by atoms with Gasteiger partial charge < -0.3 is 14.5 Å². The van der Waals surface area contributed by atoms with Crippen LogP contribution in [0.2, 0.25) is 0 Å². The van der Waals surface area contributed by atoms with Crippen molar-refractivity contribution in [3.8, 4) is 0 Å². The van der Waals surface area contributed by atoms with Crippen molar-refractivity contribution < 1.29 is 13.5 Å². The molecule has 0 saturated carbocycles. The van der Waals surface area contributed by atoms with Gasteiger partial charge in [0.2, 0.25) is 0 Å². The van der Waals surface area contributed by atoms with Crippen molar-refractivity contribution in [1.82, 2.24) is 9.38 Å². The van der Waals surface area contributed by atoms with Crippen molar-refractivity contribution in [2.45, 2.75) is 32.9 Å². The van der Waals surface area contributed by atoms with Crippen LogP contribution in [0.4, 0.5) is 20.3 Å². The van der Waals surface area contributed by atoms with Crippen LogP contribution < -0.4 is 15.4 Å². The molecule has 0 N–H and O–H groups in total. The molecule has 0 bridgehead atoms. The fourth-order valence-corrected chi connectivity index (χ4v) is 4.60. The van der Waals surface area contributed by atoms with E-state index < -0.39 is 11.6 Å². The van der Waals surface area contributed by atoms with E-state index in [0.717, 1.165) is 17.2 Å². The van der Waals surface area contributed by atoms with Crippen molar-refractivity contribution in [2.24, 2.45) is 0 Å². The lowest BCUT2D eigenvalue weighted by Crippen LogP contribution is -2.37. The van der Waals surface area contributed by atoms with Gasteiger partial charge >= 0.3 is 0 Å². The topological polar surface area (TPSA) is 50.1 Å². The van der Waals surface area contributed by atoms with Crippen LogP contribution >= 0.6 is 0 Å². The van der Waals surface area contributed by atoms with Crippen LogP contribution in [0.1, 0.15) is 23.6 Å². The Labute approximate surface area is 178 Å². The molecule has 2 aliphatic heterocycles. The maximum Gasteiger partial charge on any atom is 0.259 e. The summed E-state index contributed by atoms with van der Waals surface area (Å²) >= 11 is 0. The Bertz CT molecular complexity index is 1220. The smallest absolute Gasteiger partial charge is 0.259 e. The zero-order chi connectivity index (χ0) is 21.7. The van der Waals surface area contributed by atoms with Crippen molar-refractivity contribution in [3.05, 3.63) is 69.1 Å². The molecule has 0 spiro atoms. The van der Waals surface area contributed by atoms with E-state index in [2.05, 4.69) is 0 Å². The zero-order valence-electron chi connectivity index (χ0n) is 17.6. The summed E-state index contributed by atoms with van der Waals surface area (Å²) < 4.78 is 35.2. The van der Waals surface area contributed by atoms with Crippen LogP contribution in [0.25, 0.3) is 5.65 Å². The van der Waals surface area contributed by atoms with Gasteiger partial charge in [-0.1, -0.05) is 0 Å². The van der Waals surface area contributed by atoms with Crippen molar-refractivity contribution in [2.75, 3.05) is 36.1 Å². The van der Waals surface area contributed by atoms with E-state index in [0.29, 0.717) is 62.0 Å². The standard InChI is InChI=1S/C23H24F2N4O2/c1-14-7-16(13-28-15(2)8-18-19(25)9-17(24)10-20(18)28)23-26-21(11-22(30)29(23)12-14)27-3-5-31-6-4-27/h7,9-12,15H,3-6,8,13H2,1-2H3. The molecule has 1 fully saturated rings. The van der Waals surface area contributed by atoms with Gasteiger partial charge in [0.1, 0.15) is 23.1 Å². The van der Waals surface area contributed by atoms with Gasteiger partial charge in [0.05, 0.1) is 13.2 Å². The first-order valence-corrected chi connectivity index (χ1v) is 10.5. The molecule has 31 heavy (non-hydrogen) atoms. The SMILES string of the molecule is Cc1cc(CN2c3cc(F)cc(F)c3CC2C)c2nc(N3CCOCC3)cc(=O)n2c1. The summed E-state index contributed by atoms with van der Waals surface area (Å²) in [6.45, 7) is 6.88. The number of hydrogen-bond acceptors (Lipinski definition) is 5. The van der Waals surface area contributed by atoms with E-state index in [1.54, 1.807) is 16.7 Å². The van der Waals surface area contributed by atoms with Gasteiger partial charge in [-0.05, 0) is 38.0 Å². The van der Waals surface area contributed by atoms with Gasteiger partial charge in [-0.15, -0.1) is 0 Å². The van der Waals surface area contributed by atoms with Crippen LogP contribution in [0.5, 0.6) is 0 Å². The molecule has 0 amide bonds. The first-order chi connectivity index (χ1) is 14.9. The predicted molar refractivity (Wildman–Crippen MR) is 115 cm³/mol. The van der Waals surface area contributed by atoms with Crippen molar-refractivity contribution >= 4 is 17.2 Å². The number of rotatable bonds is 3. The molecule has 5 rings (SSSR count). The zero-order valence-corrected chi connectivity index (χ0v) is 17.6. The normalized spacial score (nSPS) is 18.6. The number of aromatic nitrogens is 2. The lowest BCUT2D eigenvalue weighted by Gasteiger charge is -2.28. The summed E-state index contributed by atoms with van der Waals surface area (Å²) in [4.78, 5) is 21.7. The number of anilines is 2. The van der Waals surface area contributed by atoms with Gasteiger partial charge in [0.25, 0.3) is 5.56 Å². The van der Waals surface area contributed by atoms with Gasteiger partial charge in [-0.2, -0.15) is 0 Å². The second-order valence-corrected chi connectivity index (χ2v) is 8.35. The van der Waals surface area contributed by atoms with E-state index >= 15 is 0 Å². The van der Waals surface area contributed by atoms with E-state index in [4.69, 9.17) is 9.72 Å². The minimum absolute atomic E-state index is 0.000935. The highest BCUT2D eigenvalue weighted by Crippen LogP contribution is 2.36. The Morgan fingerprint density at radius 1 is 1.16 bits per heavy atom. The van der Waals surface area contributed by atoms with E-state index in [9.17, 15) is 13.6 Å². The molecule has 8 heteroatoms. The third-order valence-corrected chi connectivity index (χ3v) is 6.11. The van der Waals surface area contributed by atoms with Crippen LogP contribution in [-0.4, -0.2) is 41.7 Å². The molecule has 6 nitrogen and oxygen atoms in total. The summed E-state index contributed by atoms with van der Waals surface area (Å²) in [5, 5.41) is 0. The fraction of sp³-hybridized carbons (Fsp3) is 0.391. The number of benzene rings is 1. The highest BCUT2D eigenvalue weighted by Gasteiger charge is 2.30. The maximum absolute atomic E-state index is 14.3. The molecule has 162 valence electrons. The minimum Gasteiger partial charge on any atom is -0.378 e. The number of halogens is 2. The summed E-state index contributed by atoms with van der Waals surface area (Å²) in [5.41, 5.74) is 3.28. The second kappa shape index (κ2) is 7.60. The average molecular weight is 426 g/mol. The molecule has 2 aromatic heterocycles. The minimum atomic E-state index is -0.589. The fourth-order valence-electron chi connectivity index (χ4n) is 4.60. The highest BCUT2D eigenvalue weighted by atomic mass is 19.1. The third-order valence-electron chi connectivity index (χ3n) is 6.11. The lowest BCUT2D eigenvalue weighted by atomic mass is 10.1. The van der Waals surface area contributed by atoms with Crippen LogP contribution in [0, 0.1) is 18.6 Å². The number of hydrogen-bond donors (Lipinski definition) is 0. The molecular formula is C23H24F2N4O2. The molecule has 2 aliphatic rings. The monoisotopic (exact) mass is 426 g/mol. The molecule has 0 radical (unpaired) electrons. The number of ether oxygens (including phenoxy) is 1. The summed E-state index contributed by atoms with van der Waals surface area (Å²) in [6, 6.07) is 5.87. The molecule has 3 aromatic rings. The van der Waals surface area contributed by atoms with Gasteiger partial charge in [0.15, 0.2) is 0 Å². The van der Waals surface area contributed by atoms with E-state index in [1.807, 2.05) is 29.7 Å². The summed E-state index contributed by atoms with van der Waals surface area (Å²) in [5.74, 6) is -0.471. The second-order valence-electron chi connectivity index (χ2n) is 8.35. The molecule has 1 unspecified atom stereocenters. The molecule has 1 atom stereocenters. The number of fused-ring (bicyclic) bond motifs is 2. The Kier molecular flexibility index (Phi) is 4.89. The average Bonchev–Trinajstić information content (AvgIpc) is 3.05. The number of nitrogens with zero attached hydrogens (tertiary/aromatic N) is 4. The van der Waals surface area contributed by atoms with Gasteiger partial charge in [-0.3, -0.25) is 9.20 Å².